The van der Waals surface area contributed by atoms with Crippen molar-refractivity contribution in [2.24, 2.45) is 0 Å². The summed E-state index contributed by atoms with van der Waals surface area (Å²) in [5.74, 6) is 1.94. The van der Waals surface area contributed by atoms with Gasteiger partial charge in [-0.2, -0.15) is 5.10 Å². The number of carbonyl (C=O) groups is 1. The second-order valence-corrected chi connectivity index (χ2v) is 7.95. The predicted octanol–water partition coefficient (Wildman–Crippen LogP) is 2.82. The molecule has 4 heterocycles. The molecule has 0 radical (unpaired) electrons. The number of piperidine rings is 1. The summed E-state index contributed by atoms with van der Waals surface area (Å²) in [7, 11) is 0. The molecular formula is C21H30N6O. The Morgan fingerprint density at radius 2 is 1.57 bits per heavy atom. The Hall–Kier alpha value is -2.44. The minimum absolute atomic E-state index is 0.259. The lowest BCUT2D eigenvalue weighted by molar-refractivity contribution is -0.130. The largest absolute Gasteiger partial charge is 0.355 e. The van der Waals surface area contributed by atoms with Crippen LogP contribution in [0.3, 0.4) is 0 Å². The molecule has 0 aromatic carbocycles. The first-order valence-electron chi connectivity index (χ1n) is 10.6. The van der Waals surface area contributed by atoms with Crippen LogP contribution in [-0.4, -0.2) is 57.0 Å². The highest BCUT2D eigenvalue weighted by Crippen LogP contribution is 2.21. The monoisotopic (exact) mass is 382 g/mol. The van der Waals surface area contributed by atoms with Crippen molar-refractivity contribution in [2.45, 2.75) is 58.8 Å². The Morgan fingerprint density at radius 1 is 0.929 bits per heavy atom. The summed E-state index contributed by atoms with van der Waals surface area (Å²) in [5.41, 5.74) is 3.16. The molecule has 7 heteroatoms. The van der Waals surface area contributed by atoms with Gasteiger partial charge in [-0.25, -0.2) is 4.68 Å². The number of anilines is 1. The second-order valence-electron chi connectivity index (χ2n) is 7.95. The van der Waals surface area contributed by atoms with Crippen molar-refractivity contribution < 1.29 is 4.79 Å². The first kappa shape index (κ1) is 18.9. The lowest BCUT2D eigenvalue weighted by atomic mass is 10.1. The first-order chi connectivity index (χ1) is 13.6. The third-order valence-corrected chi connectivity index (χ3v) is 6.02. The molecule has 28 heavy (non-hydrogen) atoms. The SMILES string of the molecule is Cc1nn(-c2ccc(N3CCCCC3)nn2)c(C)c1CCC(=O)N1CCCC1. The van der Waals surface area contributed by atoms with Crippen LogP contribution in [0.5, 0.6) is 0 Å². The third-order valence-electron chi connectivity index (χ3n) is 6.02. The molecule has 0 spiro atoms. The van der Waals surface area contributed by atoms with Gasteiger partial charge in [-0.05, 0) is 70.1 Å². The number of carbonyl (C=O) groups excluding carboxylic acids is 1. The zero-order valence-electron chi connectivity index (χ0n) is 17.0. The number of aromatic nitrogens is 4. The zero-order chi connectivity index (χ0) is 19.5. The van der Waals surface area contributed by atoms with Crippen LogP contribution in [0, 0.1) is 13.8 Å². The van der Waals surface area contributed by atoms with E-state index in [2.05, 4.69) is 27.1 Å². The number of amides is 1. The van der Waals surface area contributed by atoms with Crippen molar-refractivity contribution in [3.05, 3.63) is 29.1 Å². The van der Waals surface area contributed by atoms with Gasteiger partial charge in [0, 0.05) is 38.3 Å². The number of hydrogen-bond donors (Lipinski definition) is 0. The molecule has 0 bridgehead atoms. The van der Waals surface area contributed by atoms with E-state index in [1.165, 1.54) is 19.3 Å². The molecule has 0 unspecified atom stereocenters. The maximum absolute atomic E-state index is 12.4. The average molecular weight is 383 g/mol. The number of likely N-dealkylation sites (tertiary alicyclic amines) is 1. The van der Waals surface area contributed by atoms with E-state index in [-0.39, 0.29) is 5.91 Å². The van der Waals surface area contributed by atoms with Gasteiger partial charge in [-0.1, -0.05) is 0 Å². The van der Waals surface area contributed by atoms with E-state index >= 15 is 0 Å². The molecule has 150 valence electrons. The van der Waals surface area contributed by atoms with Gasteiger partial charge in [0.05, 0.1) is 5.69 Å². The molecule has 0 atom stereocenters. The number of nitrogens with zero attached hydrogens (tertiary/aromatic N) is 6. The van der Waals surface area contributed by atoms with E-state index in [1.807, 2.05) is 28.6 Å². The predicted molar refractivity (Wildman–Crippen MR) is 109 cm³/mol. The van der Waals surface area contributed by atoms with Gasteiger partial charge < -0.3 is 9.80 Å². The van der Waals surface area contributed by atoms with Gasteiger partial charge in [0.15, 0.2) is 11.6 Å². The lowest BCUT2D eigenvalue weighted by Gasteiger charge is -2.27. The molecule has 1 amide bonds. The van der Waals surface area contributed by atoms with Crippen LogP contribution < -0.4 is 4.90 Å². The maximum atomic E-state index is 12.4. The highest BCUT2D eigenvalue weighted by atomic mass is 16.2. The summed E-state index contributed by atoms with van der Waals surface area (Å²) < 4.78 is 1.86. The maximum Gasteiger partial charge on any atom is 0.222 e. The Labute approximate surface area is 166 Å². The van der Waals surface area contributed by atoms with Crippen molar-refractivity contribution in [3.8, 4) is 5.82 Å². The molecule has 4 rings (SSSR count). The fourth-order valence-electron chi connectivity index (χ4n) is 4.34. The molecule has 0 saturated carbocycles. The summed E-state index contributed by atoms with van der Waals surface area (Å²) in [4.78, 5) is 16.7. The first-order valence-corrected chi connectivity index (χ1v) is 10.6. The Balaban J connectivity index is 1.46. The quantitative estimate of drug-likeness (QED) is 0.795. The van der Waals surface area contributed by atoms with Crippen LogP contribution >= 0.6 is 0 Å². The average Bonchev–Trinajstić information content (AvgIpc) is 3.36. The van der Waals surface area contributed by atoms with Crippen molar-refractivity contribution in [2.75, 3.05) is 31.1 Å². The van der Waals surface area contributed by atoms with E-state index < -0.39 is 0 Å². The molecule has 2 fully saturated rings. The Kier molecular flexibility index (Phi) is 5.59. The van der Waals surface area contributed by atoms with Crippen molar-refractivity contribution in [3.63, 3.8) is 0 Å². The summed E-state index contributed by atoms with van der Waals surface area (Å²) in [5, 5.41) is 13.5. The number of aryl methyl sites for hydroxylation is 1. The molecule has 7 nitrogen and oxygen atoms in total. The molecule has 0 aliphatic carbocycles. The van der Waals surface area contributed by atoms with Crippen LogP contribution in [0.1, 0.15) is 55.5 Å². The Morgan fingerprint density at radius 3 is 2.25 bits per heavy atom. The van der Waals surface area contributed by atoms with Crippen LogP contribution in [0.15, 0.2) is 12.1 Å². The van der Waals surface area contributed by atoms with E-state index in [9.17, 15) is 4.79 Å². The van der Waals surface area contributed by atoms with E-state index in [0.717, 1.165) is 74.0 Å². The topological polar surface area (TPSA) is 67.2 Å². The molecule has 2 saturated heterocycles. The van der Waals surface area contributed by atoms with Crippen LogP contribution in [0.2, 0.25) is 0 Å². The van der Waals surface area contributed by atoms with Gasteiger partial charge >= 0.3 is 0 Å². The van der Waals surface area contributed by atoms with E-state index in [4.69, 9.17) is 0 Å². The van der Waals surface area contributed by atoms with Gasteiger partial charge in [0.2, 0.25) is 5.91 Å². The molecule has 0 N–H and O–H groups in total. The normalized spacial score (nSPS) is 17.4. The summed E-state index contributed by atoms with van der Waals surface area (Å²) in [6.45, 7) is 8.00. The summed E-state index contributed by atoms with van der Waals surface area (Å²) >= 11 is 0. The number of rotatable bonds is 5. The molecule has 2 aliphatic rings. The third kappa shape index (κ3) is 3.88. The molecular weight excluding hydrogens is 352 g/mol. The minimum atomic E-state index is 0.259. The fourth-order valence-corrected chi connectivity index (χ4v) is 4.34. The highest BCUT2D eigenvalue weighted by molar-refractivity contribution is 5.76. The number of hydrogen-bond acceptors (Lipinski definition) is 5. The van der Waals surface area contributed by atoms with Crippen molar-refractivity contribution >= 4 is 11.7 Å². The summed E-state index contributed by atoms with van der Waals surface area (Å²) in [6, 6.07) is 4.04. The van der Waals surface area contributed by atoms with Gasteiger partial charge in [0.1, 0.15) is 0 Å². The summed E-state index contributed by atoms with van der Waals surface area (Å²) in [6.07, 6.45) is 7.29. The zero-order valence-corrected chi connectivity index (χ0v) is 17.0. The van der Waals surface area contributed by atoms with Gasteiger partial charge in [-0.3, -0.25) is 4.79 Å². The van der Waals surface area contributed by atoms with Crippen LogP contribution in [-0.2, 0) is 11.2 Å². The van der Waals surface area contributed by atoms with E-state index in [1.54, 1.807) is 0 Å². The highest BCUT2D eigenvalue weighted by Gasteiger charge is 2.20. The van der Waals surface area contributed by atoms with Crippen molar-refractivity contribution in [1.82, 2.24) is 24.9 Å². The smallest absolute Gasteiger partial charge is 0.222 e. The second kappa shape index (κ2) is 8.29. The minimum Gasteiger partial charge on any atom is -0.355 e. The molecule has 2 aromatic rings. The standard InChI is InChI=1S/C21H30N6O/c1-16-18(8-11-21(28)26-14-6-7-15-26)17(2)27(24-16)20-10-9-19(22-23-20)25-12-4-3-5-13-25/h9-10H,3-8,11-15H2,1-2H3. The fraction of sp³-hybridized carbons (Fsp3) is 0.619. The van der Waals surface area contributed by atoms with Gasteiger partial charge in [0.25, 0.3) is 0 Å². The molecule has 2 aliphatic heterocycles. The van der Waals surface area contributed by atoms with Crippen LogP contribution in [0.4, 0.5) is 5.82 Å². The van der Waals surface area contributed by atoms with Crippen LogP contribution in [0.25, 0.3) is 5.82 Å². The van der Waals surface area contributed by atoms with Gasteiger partial charge in [-0.15, -0.1) is 10.2 Å². The molecule has 2 aromatic heterocycles. The lowest BCUT2D eigenvalue weighted by Crippen LogP contribution is -2.30. The van der Waals surface area contributed by atoms with E-state index in [0.29, 0.717) is 6.42 Å². The van der Waals surface area contributed by atoms with Crippen molar-refractivity contribution in [1.29, 1.82) is 0 Å². The Bertz CT molecular complexity index is 816.